The second-order valence-corrected chi connectivity index (χ2v) is 5.72. The molecule has 1 amide bonds. The molecule has 6 heteroatoms. The van der Waals surface area contributed by atoms with Gasteiger partial charge in [0.25, 0.3) is 5.91 Å². The van der Waals surface area contributed by atoms with E-state index in [2.05, 4.69) is 10.4 Å². The highest BCUT2D eigenvalue weighted by Crippen LogP contribution is 2.16. The highest BCUT2D eigenvalue weighted by atomic mass is 35.5. The lowest BCUT2D eigenvalue weighted by atomic mass is 10.2. The zero-order chi connectivity index (χ0) is 16.6. The fourth-order valence-corrected chi connectivity index (χ4v) is 2.50. The molecule has 0 radical (unpaired) electrons. The molecule has 3 rings (SSSR count). The van der Waals surface area contributed by atoms with Gasteiger partial charge in [0.15, 0.2) is 5.69 Å². The van der Waals surface area contributed by atoms with Gasteiger partial charge in [0.1, 0.15) is 0 Å². The average Bonchev–Trinajstić information content (AvgIpc) is 2.53. The number of aryl methyl sites for hydroxylation is 2. The van der Waals surface area contributed by atoms with Crippen LogP contribution in [0.3, 0.4) is 0 Å². The summed E-state index contributed by atoms with van der Waals surface area (Å²) in [4.78, 5) is 24.9. The fourth-order valence-electron chi connectivity index (χ4n) is 2.32. The van der Waals surface area contributed by atoms with Gasteiger partial charge >= 0.3 is 0 Å². The van der Waals surface area contributed by atoms with Gasteiger partial charge in [-0.15, -0.1) is 0 Å². The number of hydrogen-bond acceptors (Lipinski definition) is 3. The Bertz CT molecular complexity index is 962. The van der Waals surface area contributed by atoms with Crippen molar-refractivity contribution in [2.75, 3.05) is 5.32 Å². The molecular formula is C17H14ClN3O2. The van der Waals surface area contributed by atoms with Crippen LogP contribution < -0.4 is 10.7 Å². The molecule has 0 bridgehead atoms. The van der Waals surface area contributed by atoms with E-state index in [4.69, 9.17) is 11.6 Å². The van der Waals surface area contributed by atoms with E-state index >= 15 is 0 Å². The molecule has 0 saturated heterocycles. The Morgan fingerprint density at radius 3 is 2.57 bits per heavy atom. The number of carbonyl (C=O) groups excluding carboxylic acids is 1. The van der Waals surface area contributed by atoms with Crippen molar-refractivity contribution in [1.82, 2.24) is 9.78 Å². The minimum atomic E-state index is -0.545. The SMILES string of the molecule is Cc1ccc(NC(=O)c2nn(C)c3ccc(Cl)cc3c2=O)cc1. The molecule has 0 spiro atoms. The van der Waals surface area contributed by atoms with Crippen molar-refractivity contribution in [3.05, 3.63) is 69.0 Å². The predicted molar refractivity (Wildman–Crippen MR) is 91.1 cm³/mol. The van der Waals surface area contributed by atoms with Crippen molar-refractivity contribution in [1.29, 1.82) is 0 Å². The normalized spacial score (nSPS) is 10.7. The first-order valence-corrected chi connectivity index (χ1v) is 7.38. The van der Waals surface area contributed by atoms with Crippen LogP contribution in [0, 0.1) is 6.92 Å². The lowest BCUT2D eigenvalue weighted by Gasteiger charge is -2.09. The summed E-state index contributed by atoms with van der Waals surface area (Å²) in [7, 11) is 1.68. The Labute approximate surface area is 137 Å². The van der Waals surface area contributed by atoms with Crippen LogP contribution in [0.1, 0.15) is 16.1 Å². The highest BCUT2D eigenvalue weighted by Gasteiger charge is 2.17. The number of aromatic nitrogens is 2. The van der Waals surface area contributed by atoms with Crippen molar-refractivity contribution >= 4 is 34.1 Å². The van der Waals surface area contributed by atoms with E-state index in [1.807, 2.05) is 19.1 Å². The Kier molecular flexibility index (Phi) is 3.88. The van der Waals surface area contributed by atoms with E-state index in [-0.39, 0.29) is 5.69 Å². The third-order valence-corrected chi connectivity index (χ3v) is 3.78. The van der Waals surface area contributed by atoms with Gasteiger partial charge in [0.05, 0.1) is 10.9 Å². The summed E-state index contributed by atoms with van der Waals surface area (Å²) in [6.07, 6.45) is 0. The zero-order valence-electron chi connectivity index (χ0n) is 12.6. The molecular weight excluding hydrogens is 314 g/mol. The lowest BCUT2D eigenvalue weighted by molar-refractivity contribution is 0.101. The minimum absolute atomic E-state index is 0.164. The molecule has 0 fully saturated rings. The molecule has 0 aliphatic rings. The summed E-state index contributed by atoms with van der Waals surface area (Å²) >= 11 is 5.95. The van der Waals surface area contributed by atoms with Crippen molar-refractivity contribution in [3.8, 4) is 0 Å². The van der Waals surface area contributed by atoms with Crippen LogP contribution in [0.2, 0.25) is 5.02 Å². The van der Waals surface area contributed by atoms with Crippen LogP contribution in [0.25, 0.3) is 10.9 Å². The van der Waals surface area contributed by atoms with Crippen LogP contribution in [0.5, 0.6) is 0 Å². The molecule has 0 aliphatic carbocycles. The zero-order valence-corrected chi connectivity index (χ0v) is 13.4. The molecule has 0 saturated carbocycles. The third kappa shape index (κ3) is 2.96. The summed E-state index contributed by atoms with van der Waals surface area (Å²) in [6.45, 7) is 1.95. The molecule has 1 aromatic heterocycles. The van der Waals surface area contributed by atoms with Crippen LogP contribution in [0.15, 0.2) is 47.3 Å². The first kappa shape index (κ1) is 15.2. The van der Waals surface area contributed by atoms with E-state index in [0.717, 1.165) is 5.56 Å². The number of amides is 1. The molecule has 3 aromatic rings. The third-order valence-electron chi connectivity index (χ3n) is 3.54. The summed E-state index contributed by atoms with van der Waals surface area (Å²) in [5.74, 6) is -0.545. The van der Waals surface area contributed by atoms with Gasteiger partial charge in [0, 0.05) is 17.8 Å². The lowest BCUT2D eigenvalue weighted by Crippen LogP contribution is -2.26. The summed E-state index contributed by atoms with van der Waals surface area (Å²) in [5, 5.41) is 7.58. The van der Waals surface area contributed by atoms with Gasteiger partial charge in [-0.2, -0.15) is 5.10 Å². The molecule has 116 valence electrons. The average molecular weight is 328 g/mol. The van der Waals surface area contributed by atoms with Crippen molar-refractivity contribution in [3.63, 3.8) is 0 Å². The number of nitrogens with zero attached hydrogens (tertiary/aromatic N) is 2. The maximum Gasteiger partial charge on any atom is 0.280 e. The number of anilines is 1. The standard InChI is InChI=1S/C17H14ClN3O2/c1-10-3-6-12(7-4-10)19-17(23)15-16(22)13-9-11(18)5-8-14(13)21(2)20-15/h3-9H,1-2H3,(H,19,23). The predicted octanol–water partition coefficient (Wildman–Crippen LogP) is 3.15. The van der Waals surface area contributed by atoms with E-state index in [0.29, 0.717) is 21.6 Å². The fraction of sp³-hybridized carbons (Fsp3) is 0.118. The van der Waals surface area contributed by atoms with E-state index in [1.165, 1.54) is 4.68 Å². The maximum atomic E-state index is 12.5. The van der Waals surface area contributed by atoms with Crippen molar-refractivity contribution in [2.24, 2.45) is 7.05 Å². The van der Waals surface area contributed by atoms with E-state index in [1.54, 1.807) is 37.4 Å². The minimum Gasteiger partial charge on any atom is -0.320 e. The number of carbonyl (C=O) groups is 1. The Hall–Kier alpha value is -2.66. The van der Waals surface area contributed by atoms with Gasteiger partial charge < -0.3 is 5.32 Å². The topological polar surface area (TPSA) is 64.0 Å². The summed E-state index contributed by atoms with van der Waals surface area (Å²) in [6, 6.07) is 12.2. The summed E-state index contributed by atoms with van der Waals surface area (Å²) in [5.41, 5.74) is 1.70. The van der Waals surface area contributed by atoms with Gasteiger partial charge in [-0.05, 0) is 37.3 Å². The number of fused-ring (bicyclic) bond motifs is 1. The first-order valence-electron chi connectivity index (χ1n) is 7.00. The Balaban J connectivity index is 2.05. The molecule has 0 aliphatic heterocycles. The molecule has 23 heavy (non-hydrogen) atoms. The highest BCUT2D eigenvalue weighted by molar-refractivity contribution is 6.31. The second kappa shape index (κ2) is 5.85. The van der Waals surface area contributed by atoms with Gasteiger partial charge in [-0.1, -0.05) is 29.3 Å². The second-order valence-electron chi connectivity index (χ2n) is 5.28. The Morgan fingerprint density at radius 1 is 1.17 bits per heavy atom. The van der Waals surface area contributed by atoms with E-state index in [9.17, 15) is 9.59 Å². The van der Waals surface area contributed by atoms with Gasteiger partial charge in [0.2, 0.25) is 5.43 Å². The van der Waals surface area contributed by atoms with Gasteiger partial charge in [-0.3, -0.25) is 14.3 Å². The molecule has 1 heterocycles. The molecule has 0 atom stereocenters. The quantitative estimate of drug-likeness (QED) is 0.786. The largest absolute Gasteiger partial charge is 0.320 e. The van der Waals surface area contributed by atoms with Crippen LogP contribution in [-0.2, 0) is 7.05 Å². The Morgan fingerprint density at radius 2 is 1.87 bits per heavy atom. The smallest absolute Gasteiger partial charge is 0.280 e. The maximum absolute atomic E-state index is 12.5. The van der Waals surface area contributed by atoms with E-state index < -0.39 is 11.3 Å². The van der Waals surface area contributed by atoms with Crippen molar-refractivity contribution < 1.29 is 4.79 Å². The monoisotopic (exact) mass is 327 g/mol. The number of benzene rings is 2. The van der Waals surface area contributed by atoms with Crippen LogP contribution >= 0.6 is 11.6 Å². The number of hydrogen-bond donors (Lipinski definition) is 1. The molecule has 0 unspecified atom stereocenters. The van der Waals surface area contributed by atoms with Crippen LogP contribution in [-0.4, -0.2) is 15.7 Å². The summed E-state index contributed by atoms with van der Waals surface area (Å²) < 4.78 is 1.50. The first-order chi connectivity index (χ1) is 11.0. The van der Waals surface area contributed by atoms with Crippen molar-refractivity contribution in [2.45, 2.75) is 6.92 Å². The number of nitrogens with one attached hydrogen (secondary N) is 1. The number of rotatable bonds is 2. The molecule has 1 N–H and O–H groups in total. The molecule has 5 nitrogen and oxygen atoms in total. The molecule has 2 aromatic carbocycles. The number of halogens is 1. The van der Waals surface area contributed by atoms with Gasteiger partial charge in [-0.25, -0.2) is 0 Å². The van der Waals surface area contributed by atoms with Crippen LogP contribution in [0.4, 0.5) is 5.69 Å².